The van der Waals surface area contributed by atoms with E-state index in [2.05, 4.69) is 0 Å². The fourth-order valence-corrected chi connectivity index (χ4v) is 3.38. The van der Waals surface area contributed by atoms with E-state index in [0.29, 0.717) is 20.5 Å². The molecule has 0 N–H and O–H groups in total. The number of carbonyl (C=O) groups is 1. The Balaban J connectivity index is 2.37. The van der Waals surface area contributed by atoms with Crippen molar-refractivity contribution >= 4 is 40.3 Å². The van der Waals surface area contributed by atoms with Crippen LogP contribution in [0.3, 0.4) is 0 Å². The summed E-state index contributed by atoms with van der Waals surface area (Å²) in [6.07, 6.45) is 0.0493. The minimum absolute atomic E-state index is 0.0493. The maximum absolute atomic E-state index is 12.3. The van der Waals surface area contributed by atoms with E-state index in [0.717, 1.165) is 0 Å². The van der Waals surface area contributed by atoms with Gasteiger partial charge >= 0.3 is 0 Å². The van der Waals surface area contributed by atoms with Gasteiger partial charge in [0.1, 0.15) is 5.92 Å². The lowest BCUT2D eigenvalue weighted by molar-refractivity contribution is 0.0975. The Kier molecular flexibility index (Phi) is 5.57. The SMILES string of the molecule is N#CC(C#N)C(CC(=O)c1cccs1)c1ccc(Cl)cc1Cl. The first kappa shape index (κ1) is 16.5. The molecule has 3 nitrogen and oxygen atoms in total. The van der Waals surface area contributed by atoms with Crippen molar-refractivity contribution in [1.29, 1.82) is 10.5 Å². The standard InChI is InChI=1S/C16H10Cl2N2OS/c17-11-3-4-12(14(18)6-11)13(10(8-19)9-20)7-15(21)16-2-1-5-22-16/h1-6,10,13H,7H2. The number of hydrogen-bond acceptors (Lipinski definition) is 4. The number of rotatable bonds is 5. The van der Waals surface area contributed by atoms with Crippen LogP contribution in [0.2, 0.25) is 10.0 Å². The third-order valence-corrected chi connectivity index (χ3v) is 4.72. The number of nitriles is 2. The summed E-state index contributed by atoms with van der Waals surface area (Å²) >= 11 is 13.4. The molecule has 0 radical (unpaired) electrons. The van der Waals surface area contributed by atoms with Gasteiger partial charge in [-0.3, -0.25) is 4.79 Å². The minimum Gasteiger partial charge on any atom is -0.293 e. The van der Waals surface area contributed by atoms with Gasteiger partial charge in [-0.15, -0.1) is 11.3 Å². The van der Waals surface area contributed by atoms with Crippen LogP contribution in [0.15, 0.2) is 35.7 Å². The molecule has 22 heavy (non-hydrogen) atoms. The third kappa shape index (κ3) is 3.67. The molecule has 6 heteroatoms. The predicted molar refractivity (Wildman–Crippen MR) is 87.2 cm³/mol. The van der Waals surface area contributed by atoms with E-state index in [9.17, 15) is 15.3 Å². The highest BCUT2D eigenvalue weighted by Gasteiger charge is 2.28. The maximum atomic E-state index is 12.3. The summed E-state index contributed by atoms with van der Waals surface area (Å²) in [7, 11) is 0. The zero-order chi connectivity index (χ0) is 16.1. The highest BCUT2D eigenvalue weighted by molar-refractivity contribution is 7.12. The Labute approximate surface area is 142 Å². The summed E-state index contributed by atoms with van der Waals surface area (Å²) in [6, 6.07) is 12.2. The molecule has 1 aromatic carbocycles. The summed E-state index contributed by atoms with van der Waals surface area (Å²) < 4.78 is 0. The van der Waals surface area contributed by atoms with Crippen molar-refractivity contribution < 1.29 is 4.79 Å². The predicted octanol–water partition coefficient (Wildman–Crippen LogP) is 5.07. The molecule has 2 rings (SSSR count). The van der Waals surface area contributed by atoms with Crippen LogP contribution in [0.4, 0.5) is 0 Å². The lowest BCUT2D eigenvalue weighted by Crippen LogP contribution is -2.15. The van der Waals surface area contributed by atoms with Crippen LogP contribution in [0.25, 0.3) is 0 Å². The van der Waals surface area contributed by atoms with E-state index in [4.69, 9.17) is 23.2 Å². The Bertz CT molecular complexity index is 745. The molecule has 0 aliphatic heterocycles. The molecular formula is C16H10Cl2N2OS. The van der Waals surface area contributed by atoms with Crippen LogP contribution < -0.4 is 0 Å². The van der Waals surface area contributed by atoms with Crippen LogP contribution in [-0.2, 0) is 0 Å². The summed E-state index contributed by atoms with van der Waals surface area (Å²) in [4.78, 5) is 12.9. The van der Waals surface area contributed by atoms with Gasteiger partial charge in [-0.25, -0.2) is 0 Å². The normalized spacial score (nSPS) is 11.7. The topological polar surface area (TPSA) is 64.7 Å². The van der Waals surface area contributed by atoms with Crippen molar-refractivity contribution in [2.75, 3.05) is 0 Å². The number of hydrogen-bond donors (Lipinski definition) is 0. The van der Waals surface area contributed by atoms with E-state index in [1.807, 2.05) is 17.5 Å². The van der Waals surface area contributed by atoms with Gasteiger partial charge in [0.25, 0.3) is 0 Å². The fraction of sp³-hybridized carbons (Fsp3) is 0.188. The Morgan fingerprint density at radius 3 is 2.50 bits per heavy atom. The van der Waals surface area contributed by atoms with Crippen LogP contribution in [0.1, 0.15) is 27.6 Å². The molecule has 1 atom stereocenters. The van der Waals surface area contributed by atoms with Crippen LogP contribution in [-0.4, -0.2) is 5.78 Å². The average molecular weight is 349 g/mol. The molecule has 0 saturated carbocycles. The first-order chi connectivity index (χ1) is 10.6. The molecule has 1 heterocycles. The molecule has 0 amide bonds. The molecule has 1 aromatic heterocycles. The van der Waals surface area contributed by atoms with Gasteiger partial charge in [-0.1, -0.05) is 35.3 Å². The summed E-state index contributed by atoms with van der Waals surface area (Å²) in [6.45, 7) is 0. The Morgan fingerprint density at radius 2 is 1.95 bits per heavy atom. The van der Waals surface area contributed by atoms with Crippen molar-refractivity contribution in [2.24, 2.45) is 5.92 Å². The lowest BCUT2D eigenvalue weighted by Gasteiger charge is -2.18. The van der Waals surface area contributed by atoms with Crippen molar-refractivity contribution in [1.82, 2.24) is 0 Å². The second-order valence-corrected chi connectivity index (χ2v) is 6.40. The van der Waals surface area contributed by atoms with Crippen molar-refractivity contribution in [2.45, 2.75) is 12.3 Å². The summed E-state index contributed by atoms with van der Waals surface area (Å²) in [5.41, 5.74) is 0.587. The van der Waals surface area contributed by atoms with Crippen molar-refractivity contribution in [3.05, 3.63) is 56.2 Å². The summed E-state index contributed by atoms with van der Waals surface area (Å²) in [5, 5.41) is 21.0. The van der Waals surface area contributed by atoms with Crippen LogP contribution in [0.5, 0.6) is 0 Å². The van der Waals surface area contributed by atoms with E-state index < -0.39 is 11.8 Å². The van der Waals surface area contributed by atoms with Crippen molar-refractivity contribution in [3.63, 3.8) is 0 Å². The molecule has 2 aromatic rings. The van der Waals surface area contributed by atoms with Crippen LogP contribution in [0, 0.1) is 28.6 Å². The highest BCUT2D eigenvalue weighted by Crippen LogP contribution is 2.35. The number of benzene rings is 1. The monoisotopic (exact) mass is 348 g/mol. The van der Waals surface area contributed by atoms with E-state index >= 15 is 0 Å². The first-order valence-electron chi connectivity index (χ1n) is 6.37. The number of thiophene rings is 1. The van der Waals surface area contributed by atoms with Crippen LogP contribution >= 0.6 is 34.5 Å². The highest BCUT2D eigenvalue weighted by atomic mass is 35.5. The average Bonchev–Trinajstić information content (AvgIpc) is 3.02. The molecular weight excluding hydrogens is 339 g/mol. The second-order valence-electron chi connectivity index (χ2n) is 4.61. The minimum atomic E-state index is -0.956. The number of carbonyl (C=O) groups excluding carboxylic acids is 1. The molecule has 0 bridgehead atoms. The number of nitrogens with zero attached hydrogens (tertiary/aromatic N) is 2. The van der Waals surface area contributed by atoms with Gasteiger partial charge in [0.15, 0.2) is 5.78 Å². The number of Topliss-reactive ketones (excluding diaryl/α,β-unsaturated/α-hetero) is 1. The van der Waals surface area contributed by atoms with E-state index in [-0.39, 0.29) is 12.2 Å². The van der Waals surface area contributed by atoms with Gasteiger partial charge in [0.2, 0.25) is 0 Å². The van der Waals surface area contributed by atoms with E-state index in [1.165, 1.54) is 11.3 Å². The molecule has 0 spiro atoms. The van der Waals surface area contributed by atoms with E-state index in [1.54, 1.807) is 30.3 Å². The molecule has 0 fully saturated rings. The lowest BCUT2D eigenvalue weighted by atomic mass is 9.83. The molecule has 0 aliphatic rings. The third-order valence-electron chi connectivity index (χ3n) is 3.24. The zero-order valence-corrected chi connectivity index (χ0v) is 13.6. The Hall–Kier alpha value is -1.85. The largest absolute Gasteiger partial charge is 0.293 e. The smallest absolute Gasteiger partial charge is 0.173 e. The van der Waals surface area contributed by atoms with Gasteiger partial charge in [-0.05, 0) is 29.1 Å². The van der Waals surface area contributed by atoms with Gasteiger partial charge < -0.3 is 0 Å². The molecule has 0 aliphatic carbocycles. The number of halogens is 2. The zero-order valence-electron chi connectivity index (χ0n) is 11.3. The number of ketones is 1. The maximum Gasteiger partial charge on any atom is 0.173 e. The van der Waals surface area contributed by atoms with Gasteiger partial charge in [0, 0.05) is 22.4 Å². The van der Waals surface area contributed by atoms with Gasteiger partial charge in [-0.2, -0.15) is 10.5 Å². The molecule has 1 unspecified atom stereocenters. The van der Waals surface area contributed by atoms with Gasteiger partial charge in [0.05, 0.1) is 17.0 Å². The fourth-order valence-electron chi connectivity index (χ4n) is 2.16. The summed E-state index contributed by atoms with van der Waals surface area (Å²) in [5.74, 6) is -1.65. The Morgan fingerprint density at radius 1 is 1.23 bits per heavy atom. The quantitative estimate of drug-likeness (QED) is 0.708. The first-order valence-corrected chi connectivity index (χ1v) is 8.01. The van der Waals surface area contributed by atoms with Crippen molar-refractivity contribution in [3.8, 4) is 12.1 Å². The molecule has 110 valence electrons. The molecule has 0 saturated heterocycles. The second kappa shape index (κ2) is 7.42.